The van der Waals surface area contributed by atoms with Gasteiger partial charge in [0.15, 0.2) is 5.16 Å². The number of nitrogens with one attached hydrogen (secondary N) is 1. The molecule has 0 saturated carbocycles. The third-order valence-electron chi connectivity index (χ3n) is 3.39. The molecule has 1 N–H and O–H groups in total. The standard InChI is InChI=1S/C15H17N5OS2/c1-9-7-13(21)17-14(16-9)10(2)23-15-19-18-12(20(15)3)8-11-5-4-6-22-11/h4-7,10H,8H2,1-3H3,(H,16,17,21). The summed E-state index contributed by atoms with van der Waals surface area (Å²) in [6, 6.07) is 5.62. The van der Waals surface area contributed by atoms with E-state index in [9.17, 15) is 4.79 Å². The van der Waals surface area contributed by atoms with Crippen molar-refractivity contribution >= 4 is 23.1 Å². The minimum atomic E-state index is -0.128. The fraction of sp³-hybridized carbons (Fsp3) is 0.333. The zero-order valence-electron chi connectivity index (χ0n) is 13.1. The van der Waals surface area contributed by atoms with Crippen molar-refractivity contribution in [3.8, 4) is 0 Å². The third kappa shape index (κ3) is 3.70. The number of aromatic amines is 1. The Balaban J connectivity index is 1.77. The van der Waals surface area contributed by atoms with Gasteiger partial charge in [-0.1, -0.05) is 17.8 Å². The molecule has 0 bridgehead atoms. The van der Waals surface area contributed by atoms with E-state index in [0.717, 1.165) is 17.4 Å². The van der Waals surface area contributed by atoms with Crippen LogP contribution in [0.25, 0.3) is 0 Å². The lowest BCUT2D eigenvalue weighted by Crippen LogP contribution is -2.12. The Bertz CT molecular complexity index is 853. The molecule has 23 heavy (non-hydrogen) atoms. The van der Waals surface area contributed by atoms with Crippen molar-refractivity contribution in [1.82, 2.24) is 24.7 Å². The molecule has 0 aliphatic carbocycles. The monoisotopic (exact) mass is 347 g/mol. The normalized spacial score (nSPS) is 12.5. The molecule has 3 heterocycles. The Morgan fingerprint density at radius 1 is 1.43 bits per heavy atom. The topological polar surface area (TPSA) is 76.5 Å². The fourth-order valence-corrected chi connectivity index (χ4v) is 3.77. The smallest absolute Gasteiger partial charge is 0.251 e. The lowest BCUT2D eigenvalue weighted by Gasteiger charge is -2.10. The van der Waals surface area contributed by atoms with Crippen LogP contribution in [0.2, 0.25) is 0 Å². The van der Waals surface area contributed by atoms with Gasteiger partial charge in [-0.25, -0.2) is 4.98 Å². The van der Waals surface area contributed by atoms with E-state index in [1.807, 2.05) is 31.5 Å². The van der Waals surface area contributed by atoms with Gasteiger partial charge in [0, 0.05) is 30.1 Å². The fourth-order valence-electron chi connectivity index (χ4n) is 2.18. The number of H-pyrrole nitrogens is 1. The van der Waals surface area contributed by atoms with E-state index in [0.29, 0.717) is 11.5 Å². The molecule has 120 valence electrons. The van der Waals surface area contributed by atoms with Crippen molar-refractivity contribution < 1.29 is 0 Å². The van der Waals surface area contributed by atoms with Crippen molar-refractivity contribution in [2.75, 3.05) is 0 Å². The van der Waals surface area contributed by atoms with Gasteiger partial charge in [-0.3, -0.25) is 4.79 Å². The predicted octanol–water partition coefficient (Wildman–Crippen LogP) is 2.71. The number of aromatic nitrogens is 5. The second kappa shape index (κ2) is 6.67. The van der Waals surface area contributed by atoms with Gasteiger partial charge in [-0.05, 0) is 25.3 Å². The molecule has 0 radical (unpaired) electrons. The summed E-state index contributed by atoms with van der Waals surface area (Å²) in [4.78, 5) is 20.0. The van der Waals surface area contributed by atoms with Crippen LogP contribution in [0.5, 0.6) is 0 Å². The Morgan fingerprint density at radius 2 is 2.26 bits per heavy atom. The molecule has 1 unspecified atom stereocenters. The first-order valence-electron chi connectivity index (χ1n) is 7.18. The SMILES string of the molecule is Cc1cc(=O)[nH]c(C(C)Sc2nnc(Cc3cccs3)n2C)n1. The summed E-state index contributed by atoms with van der Waals surface area (Å²) in [5.41, 5.74) is 0.587. The largest absolute Gasteiger partial charge is 0.310 e. The maximum Gasteiger partial charge on any atom is 0.251 e. The number of hydrogen-bond donors (Lipinski definition) is 1. The van der Waals surface area contributed by atoms with Crippen LogP contribution in [0.4, 0.5) is 0 Å². The van der Waals surface area contributed by atoms with Crippen molar-refractivity contribution in [3.05, 3.63) is 56.2 Å². The van der Waals surface area contributed by atoms with Crippen LogP contribution >= 0.6 is 23.1 Å². The Hall–Kier alpha value is -1.93. The summed E-state index contributed by atoms with van der Waals surface area (Å²) in [6.45, 7) is 3.81. The van der Waals surface area contributed by atoms with Gasteiger partial charge in [0.1, 0.15) is 11.6 Å². The summed E-state index contributed by atoms with van der Waals surface area (Å²) < 4.78 is 1.99. The van der Waals surface area contributed by atoms with Gasteiger partial charge in [0.05, 0.1) is 5.25 Å². The second-order valence-corrected chi connectivity index (χ2v) is 7.59. The average molecular weight is 347 g/mol. The molecule has 0 fully saturated rings. The number of aryl methyl sites for hydroxylation is 1. The number of thioether (sulfide) groups is 1. The van der Waals surface area contributed by atoms with E-state index in [4.69, 9.17) is 0 Å². The zero-order chi connectivity index (χ0) is 16.4. The molecule has 3 aromatic heterocycles. The van der Waals surface area contributed by atoms with Crippen LogP contribution in [-0.2, 0) is 13.5 Å². The number of rotatable bonds is 5. The minimum Gasteiger partial charge on any atom is -0.310 e. The van der Waals surface area contributed by atoms with Crippen LogP contribution < -0.4 is 5.56 Å². The molecule has 1 atom stereocenters. The van der Waals surface area contributed by atoms with Crippen LogP contribution in [0.1, 0.15) is 34.4 Å². The quantitative estimate of drug-likeness (QED) is 0.718. The number of nitrogens with zero attached hydrogens (tertiary/aromatic N) is 4. The molecule has 3 rings (SSSR count). The second-order valence-electron chi connectivity index (χ2n) is 5.25. The summed E-state index contributed by atoms with van der Waals surface area (Å²) in [5, 5.41) is 11.4. The highest BCUT2D eigenvalue weighted by Crippen LogP contribution is 2.31. The summed E-state index contributed by atoms with van der Waals surface area (Å²) in [7, 11) is 1.96. The maximum atomic E-state index is 11.6. The summed E-state index contributed by atoms with van der Waals surface area (Å²) in [6.07, 6.45) is 0.773. The summed E-state index contributed by atoms with van der Waals surface area (Å²) in [5.74, 6) is 1.58. The lowest BCUT2D eigenvalue weighted by atomic mass is 10.3. The average Bonchev–Trinajstić information content (AvgIpc) is 3.11. The third-order valence-corrected chi connectivity index (χ3v) is 5.41. The zero-order valence-corrected chi connectivity index (χ0v) is 14.7. The highest BCUT2D eigenvalue weighted by atomic mass is 32.2. The molecule has 6 nitrogen and oxygen atoms in total. The van der Waals surface area contributed by atoms with Gasteiger partial charge in [0.2, 0.25) is 0 Å². The van der Waals surface area contributed by atoms with Crippen LogP contribution in [0, 0.1) is 6.92 Å². The van der Waals surface area contributed by atoms with Crippen LogP contribution in [-0.4, -0.2) is 24.7 Å². The van der Waals surface area contributed by atoms with E-state index < -0.39 is 0 Å². The molecule has 0 aliphatic heterocycles. The number of hydrogen-bond acceptors (Lipinski definition) is 6. The molecule has 0 spiro atoms. The molecular weight excluding hydrogens is 330 g/mol. The van der Waals surface area contributed by atoms with Crippen LogP contribution in [0.15, 0.2) is 33.5 Å². The molecule has 0 aromatic carbocycles. The van der Waals surface area contributed by atoms with Crippen LogP contribution in [0.3, 0.4) is 0 Å². The molecule has 8 heteroatoms. The molecule has 0 aliphatic rings. The van der Waals surface area contributed by atoms with Crippen molar-refractivity contribution in [1.29, 1.82) is 0 Å². The van der Waals surface area contributed by atoms with Gasteiger partial charge in [-0.2, -0.15) is 0 Å². The first-order chi connectivity index (χ1) is 11.0. The van der Waals surface area contributed by atoms with E-state index in [2.05, 4.69) is 31.6 Å². The molecule has 0 saturated heterocycles. The molecule has 0 amide bonds. The Morgan fingerprint density at radius 3 is 2.96 bits per heavy atom. The van der Waals surface area contributed by atoms with Crippen molar-refractivity contribution in [3.63, 3.8) is 0 Å². The van der Waals surface area contributed by atoms with E-state index in [-0.39, 0.29) is 10.8 Å². The molecular formula is C15H17N5OS2. The maximum absolute atomic E-state index is 11.6. The minimum absolute atomic E-state index is 0.0138. The van der Waals surface area contributed by atoms with E-state index >= 15 is 0 Å². The van der Waals surface area contributed by atoms with E-state index in [1.54, 1.807) is 11.3 Å². The van der Waals surface area contributed by atoms with Gasteiger partial charge >= 0.3 is 0 Å². The van der Waals surface area contributed by atoms with Gasteiger partial charge in [-0.15, -0.1) is 21.5 Å². The van der Waals surface area contributed by atoms with Crippen molar-refractivity contribution in [2.45, 2.75) is 30.7 Å². The number of thiophene rings is 1. The summed E-state index contributed by atoms with van der Waals surface area (Å²) >= 11 is 3.25. The first-order valence-corrected chi connectivity index (χ1v) is 8.94. The van der Waals surface area contributed by atoms with E-state index in [1.165, 1.54) is 22.7 Å². The van der Waals surface area contributed by atoms with Gasteiger partial charge in [0.25, 0.3) is 5.56 Å². The first kappa shape index (κ1) is 15.9. The molecule has 3 aromatic rings. The van der Waals surface area contributed by atoms with Gasteiger partial charge < -0.3 is 9.55 Å². The predicted molar refractivity (Wildman–Crippen MR) is 92.0 cm³/mol. The van der Waals surface area contributed by atoms with Crippen molar-refractivity contribution in [2.24, 2.45) is 7.05 Å². The lowest BCUT2D eigenvalue weighted by molar-refractivity contribution is 0.746. The Labute approximate surface area is 142 Å². The highest BCUT2D eigenvalue weighted by molar-refractivity contribution is 7.99. The Kier molecular flexibility index (Phi) is 4.63. The highest BCUT2D eigenvalue weighted by Gasteiger charge is 2.16.